The van der Waals surface area contributed by atoms with Crippen LogP contribution < -0.4 is 4.90 Å². The predicted octanol–water partition coefficient (Wildman–Crippen LogP) is 14.0. The number of rotatable bonds is 3. The van der Waals surface area contributed by atoms with Gasteiger partial charge in [0.15, 0.2) is 0 Å². The highest BCUT2D eigenvalue weighted by Gasteiger charge is 2.53. The van der Waals surface area contributed by atoms with Crippen molar-refractivity contribution in [2.24, 2.45) is 0 Å². The topological polar surface area (TPSA) is 16.4 Å². The van der Waals surface area contributed by atoms with Crippen molar-refractivity contribution in [2.45, 2.75) is 36.5 Å². The zero-order valence-corrected chi connectivity index (χ0v) is 29.9. The summed E-state index contributed by atoms with van der Waals surface area (Å²) in [6.45, 7) is 0. The molecule has 1 fully saturated rings. The minimum atomic E-state index is -0.0664. The van der Waals surface area contributed by atoms with Crippen molar-refractivity contribution in [2.75, 3.05) is 4.90 Å². The van der Waals surface area contributed by atoms with Crippen LogP contribution >= 0.6 is 0 Å². The highest BCUT2D eigenvalue weighted by Crippen LogP contribution is 2.64. The van der Waals surface area contributed by atoms with Gasteiger partial charge < -0.3 is 9.32 Å². The van der Waals surface area contributed by atoms with Gasteiger partial charge in [0.05, 0.1) is 11.1 Å². The van der Waals surface area contributed by atoms with E-state index in [1.165, 1.54) is 61.0 Å². The minimum absolute atomic E-state index is 0.0445. The normalized spacial score (nSPS) is 15.8. The lowest BCUT2D eigenvalue weighted by molar-refractivity contribution is 0.265. The lowest BCUT2D eigenvalue weighted by Gasteiger charge is -2.45. The summed E-state index contributed by atoms with van der Waals surface area (Å²) in [4.78, 5) is 2.47. The molecule has 8 aromatic carbocycles. The number of furan rings is 1. The molecule has 0 N–H and O–H groups in total. The van der Waals surface area contributed by atoms with Crippen molar-refractivity contribution in [1.29, 1.82) is 0 Å². The third kappa shape index (κ3) is 4.00. The van der Waals surface area contributed by atoms with Crippen LogP contribution in [0.5, 0.6) is 0 Å². The summed E-state index contributed by atoms with van der Waals surface area (Å²) in [5.74, 6) is 0. The molecule has 3 aliphatic carbocycles. The standard InChI is InChI=1S/C52H37NO/c1-2-13-35-32-36(25-24-34(35)12-1)53(47-21-11-23-49-50(47)42-17-6-10-22-48(42)54-49)37-26-27-41-40-16-5-9-20-45(40)52(46(41)33-37)30-28-51(29-31-52)43-18-7-3-14-38(43)39-15-4-8-19-44(39)51/h1-27,32-33H,28-31H2. The van der Waals surface area contributed by atoms with E-state index in [9.17, 15) is 0 Å². The van der Waals surface area contributed by atoms with Gasteiger partial charge in [-0.25, -0.2) is 0 Å². The van der Waals surface area contributed by atoms with E-state index >= 15 is 0 Å². The van der Waals surface area contributed by atoms with E-state index in [1.54, 1.807) is 0 Å². The number of fused-ring (bicyclic) bond motifs is 14. The maximum Gasteiger partial charge on any atom is 0.137 e. The van der Waals surface area contributed by atoms with Crippen molar-refractivity contribution in [3.05, 3.63) is 198 Å². The van der Waals surface area contributed by atoms with E-state index in [-0.39, 0.29) is 10.8 Å². The van der Waals surface area contributed by atoms with E-state index in [0.717, 1.165) is 59.0 Å². The van der Waals surface area contributed by atoms with Crippen LogP contribution in [-0.4, -0.2) is 0 Å². The Kier molecular flexibility index (Phi) is 6.17. The van der Waals surface area contributed by atoms with Gasteiger partial charge in [-0.2, -0.15) is 0 Å². The first-order valence-corrected chi connectivity index (χ1v) is 19.4. The molecule has 0 unspecified atom stereocenters. The maximum absolute atomic E-state index is 6.46. The zero-order chi connectivity index (χ0) is 35.4. The third-order valence-electron chi connectivity index (χ3n) is 13.3. The molecule has 0 atom stereocenters. The van der Waals surface area contributed by atoms with Gasteiger partial charge in [0.25, 0.3) is 0 Å². The predicted molar refractivity (Wildman–Crippen MR) is 223 cm³/mol. The monoisotopic (exact) mass is 691 g/mol. The molecule has 0 radical (unpaired) electrons. The molecule has 2 heteroatoms. The van der Waals surface area contributed by atoms with E-state index in [1.807, 2.05) is 0 Å². The Morgan fingerprint density at radius 1 is 0.389 bits per heavy atom. The Morgan fingerprint density at radius 3 is 1.61 bits per heavy atom. The molecule has 0 bridgehead atoms. The van der Waals surface area contributed by atoms with Crippen molar-refractivity contribution < 1.29 is 4.42 Å². The summed E-state index contributed by atoms with van der Waals surface area (Å²) < 4.78 is 6.46. The molecule has 12 rings (SSSR count). The lowest BCUT2D eigenvalue weighted by atomic mass is 9.57. The second kappa shape index (κ2) is 11.1. The molecule has 1 saturated carbocycles. The van der Waals surface area contributed by atoms with Crippen molar-refractivity contribution in [1.82, 2.24) is 0 Å². The van der Waals surface area contributed by atoms with Crippen molar-refractivity contribution in [3.63, 3.8) is 0 Å². The van der Waals surface area contributed by atoms with Crippen LogP contribution in [0, 0.1) is 0 Å². The van der Waals surface area contributed by atoms with Crippen LogP contribution in [0.15, 0.2) is 180 Å². The second-order valence-corrected chi connectivity index (χ2v) is 15.6. The summed E-state index contributed by atoms with van der Waals surface area (Å²) in [5, 5.41) is 4.73. The fourth-order valence-electron chi connectivity index (χ4n) is 10.9. The number of anilines is 3. The SMILES string of the molecule is c1ccc2c(c1)-c1ccccc1C21CCC2(CC1)c1ccccc1-c1ccc(N(c3ccc4ccccc4c3)c3cccc4oc5ccccc5c34)cc12. The molecule has 256 valence electrons. The summed E-state index contributed by atoms with van der Waals surface area (Å²) >= 11 is 0. The maximum atomic E-state index is 6.46. The van der Waals surface area contributed by atoms with Crippen LogP contribution in [-0.2, 0) is 10.8 Å². The summed E-state index contributed by atoms with van der Waals surface area (Å²) in [6, 6.07) is 65.4. The number of hydrogen-bond donors (Lipinski definition) is 0. The first-order chi connectivity index (χ1) is 26.7. The second-order valence-electron chi connectivity index (χ2n) is 15.6. The number of nitrogens with zero attached hydrogens (tertiary/aromatic N) is 1. The summed E-state index contributed by atoms with van der Waals surface area (Å²) in [6.07, 6.45) is 4.43. The van der Waals surface area contributed by atoms with Gasteiger partial charge in [-0.1, -0.05) is 133 Å². The summed E-state index contributed by atoms with van der Waals surface area (Å²) in [5.41, 5.74) is 16.8. The molecule has 3 aliphatic rings. The number of para-hydroxylation sites is 1. The fraction of sp³-hybridized carbons (Fsp3) is 0.115. The fourth-order valence-corrected chi connectivity index (χ4v) is 10.9. The molecule has 0 amide bonds. The van der Waals surface area contributed by atoms with Crippen LogP contribution in [0.4, 0.5) is 17.1 Å². The lowest BCUT2D eigenvalue weighted by Crippen LogP contribution is -2.39. The molecule has 9 aromatic rings. The van der Waals surface area contributed by atoms with Gasteiger partial charge in [0.1, 0.15) is 11.2 Å². The van der Waals surface area contributed by atoms with Crippen LogP contribution in [0.2, 0.25) is 0 Å². The van der Waals surface area contributed by atoms with Gasteiger partial charge in [-0.05, 0) is 123 Å². The average Bonchev–Trinajstić information content (AvgIpc) is 3.84. The molecule has 54 heavy (non-hydrogen) atoms. The first kappa shape index (κ1) is 30.1. The quantitative estimate of drug-likeness (QED) is 0.183. The van der Waals surface area contributed by atoms with Crippen molar-refractivity contribution in [3.8, 4) is 22.3 Å². The smallest absolute Gasteiger partial charge is 0.137 e. The molecule has 2 spiro atoms. The Labute approximate surface area is 314 Å². The van der Waals surface area contributed by atoms with E-state index < -0.39 is 0 Å². The molecule has 1 aromatic heterocycles. The highest BCUT2D eigenvalue weighted by atomic mass is 16.3. The Morgan fingerprint density at radius 2 is 0.907 bits per heavy atom. The van der Waals surface area contributed by atoms with Gasteiger partial charge >= 0.3 is 0 Å². The molecule has 2 nitrogen and oxygen atoms in total. The summed E-state index contributed by atoms with van der Waals surface area (Å²) in [7, 11) is 0. The van der Waals surface area contributed by atoms with Crippen LogP contribution in [0.1, 0.15) is 47.9 Å². The van der Waals surface area contributed by atoms with Crippen LogP contribution in [0.25, 0.3) is 55.0 Å². The largest absolute Gasteiger partial charge is 0.456 e. The van der Waals surface area contributed by atoms with Gasteiger partial charge in [0.2, 0.25) is 0 Å². The van der Waals surface area contributed by atoms with Crippen LogP contribution in [0.3, 0.4) is 0 Å². The van der Waals surface area contributed by atoms with Gasteiger partial charge in [-0.3, -0.25) is 0 Å². The molecule has 0 saturated heterocycles. The zero-order valence-electron chi connectivity index (χ0n) is 29.9. The number of benzene rings is 8. The van der Waals surface area contributed by atoms with Crippen molar-refractivity contribution >= 4 is 49.8 Å². The van der Waals surface area contributed by atoms with E-state index in [4.69, 9.17) is 4.42 Å². The Balaban J connectivity index is 1.06. The first-order valence-electron chi connectivity index (χ1n) is 19.4. The van der Waals surface area contributed by atoms with E-state index in [0.29, 0.717) is 0 Å². The Hall–Kier alpha value is -6.38. The third-order valence-corrected chi connectivity index (χ3v) is 13.3. The Bertz CT molecular complexity index is 2930. The van der Waals surface area contributed by atoms with E-state index in [2.05, 4.69) is 181 Å². The highest BCUT2D eigenvalue weighted by molar-refractivity contribution is 6.13. The average molecular weight is 692 g/mol. The van der Waals surface area contributed by atoms with Gasteiger partial charge in [0, 0.05) is 27.6 Å². The minimum Gasteiger partial charge on any atom is -0.456 e. The molecule has 1 heterocycles. The number of hydrogen-bond acceptors (Lipinski definition) is 2. The molecular weight excluding hydrogens is 655 g/mol. The van der Waals surface area contributed by atoms with Gasteiger partial charge in [-0.15, -0.1) is 0 Å². The molecule has 0 aliphatic heterocycles. The molecular formula is C52H37NO.